The minimum absolute atomic E-state index is 0. The van der Waals surface area contributed by atoms with Crippen LogP contribution in [0.3, 0.4) is 0 Å². The molecule has 3 rings (SSSR count). The van der Waals surface area contributed by atoms with Gasteiger partial charge in [0.05, 0.1) is 10.6 Å². The second-order valence-electron chi connectivity index (χ2n) is 6.49. The van der Waals surface area contributed by atoms with Crippen LogP contribution in [-0.2, 0) is 16.4 Å². The van der Waals surface area contributed by atoms with Crippen LogP contribution in [0.1, 0.15) is 29.3 Å². The summed E-state index contributed by atoms with van der Waals surface area (Å²) in [5, 5.41) is 6.02. The fraction of sp³-hybridized carbons (Fsp3) is 0.350. The minimum atomic E-state index is -3.70. The van der Waals surface area contributed by atoms with E-state index in [9.17, 15) is 13.2 Å². The molecule has 0 saturated carbocycles. The molecule has 0 unspecified atom stereocenters. The molecule has 0 atom stereocenters. The number of carbonyl (C=O) groups excluding carboxylic acids is 1. The average Bonchev–Trinajstić information content (AvgIpc) is 3.13. The Morgan fingerprint density at radius 3 is 2.64 bits per heavy atom. The maximum Gasteiger partial charge on any atom is 0.264 e. The summed E-state index contributed by atoms with van der Waals surface area (Å²) in [5.74, 6) is -0.271. The van der Waals surface area contributed by atoms with Gasteiger partial charge in [0, 0.05) is 25.2 Å². The predicted molar refractivity (Wildman–Crippen MR) is 114 cm³/mol. The number of rotatable bonds is 8. The van der Waals surface area contributed by atoms with Gasteiger partial charge in [-0.2, -0.15) is 0 Å². The Labute approximate surface area is 172 Å². The second-order valence-corrected chi connectivity index (χ2v) is 8.35. The van der Waals surface area contributed by atoms with Crippen molar-refractivity contribution in [1.82, 2.24) is 10.6 Å². The molecule has 8 heteroatoms. The van der Waals surface area contributed by atoms with E-state index in [0.717, 1.165) is 18.5 Å². The first-order valence-electron chi connectivity index (χ1n) is 9.23. The Balaban J connectivity index is 0.00000280. The molecule has 2 aromatic rings. The fourth-order valence-corrected chi connectivity index (χ4v) is 4.70. The molecule has 1 amide bonds. The third-order valence-electron chi connectivity index (χ3n) is 4.54. The number of amides is 1. The Morgan fingerprint density at radius 1 is 1.07 bits per heavy atom. The Morgan fingerprint density at radius 2 is 1.86 bits per heavy atom. The number of hydrogen-bond donors (Lipinski definition) is 2. The number of fused-ring (bicyclic) bond motifs is 1. The molecule has 0 fully saturated rings. The van der Waals surface area contributed by atoms with Crippen molar-refractivity contribution in [2.24, 2.45) is 0 Å². The van der Waals surface area contributed by atoms with Crippen LogP contribution in [0.25, 0.3) is 0 Å². The molecule has 1 aliphatic heterocycles. The lowest BCUT2D eigenvalue weighted by molar-refractivity contribution is 0.0953. The van der Waals surface area contributed by atoms with Crippen molar-refractivity contribution in [2.75, 3.05) is 30.5 Å². The van der Waals surface area contributed by atoms with E-state index in [1.54, 1.807) is 12.1 Å². The molecule has 0 bridgehead atoms. The number of sulfonamides is 1. The van der Waals surface area contributed by atoms with Gasteiger partial charge in [-0.1, -0.05) is 31.2 Å². The van der Waals surface area contributed by atoms with E-state index in [-0.39, 0.29) is 23.2 Å². The van der Waals surface area contributed by atoms with E-state index in [1.165, 1.54) is 16.4 Å². The van der Waals surface area contributed by atoms with Gasteiger partial charge in [0.25, 0.3) is 15.9 Å². The Bertz CT molecular complexity index is 918. The number of para-hydroxylation sites is 1. The lowest BCUT2D eigenvalue weighted by Crippen LogP contribution is -2.32. The van der Waals surface area contributed by atoms with Crippen molar-refractivity contribution in [3.63, 3.8) is 0 Å². The van der Waals surface area contributed by atoms with Crippen LogP contribution in [0, 0.1) is 0 Å². The van der Waals surface area contributed by atoms with Crippen LogP contribution < -0.4 is 14.9 Å². The van der Waals surface area contributed by atoms with Gasteiger partial charge in [-0.3, -0.25) is 9.10 Å². The molecule has 28 heavy (non-hydrogen) atoms. The van der Waals surface area contributed by atoms with E-state index in [4.69, 9.17) is 0 Å². The molecular formula is C20H26ClN3O3S. The van der Waals surface area contributed by atoms with E-state index in [1.807, 2.05) is 24.3 Å². The summed E-state index contributed by atoms with van der Waals surface area (Å²) in [4.78, 5) is 12.5. The van der Waals surface area contributed by atoms with Crippen LogP contribution in [0.4, 0.5) is 5.69 Å². The number of benzene rings is 2. The standard InChI is InChI=1S/C20H25N3O3S.ClH/c1-2-11-21-12-13-22-20(24)17-7-5-8-18(15-17)27(25,26)23-14-10-16-6-3-4-9-19(16)23;/h3-9,15,21H,2,10-14H2,1H3,(H,22,24);1H. The van der Waals surface area contributed by atoms with Crippen LogP contribution in [-0.4, -0.2) is 40.5 Å². The zero-order valence-electron chi connectivity index (χ0n) is 15.8. The summed E-state index contributed by atoms with van der Waals surface area (Å²) in [6.07, 6.45) is 1.73. The SMILES string of the molecule is CCCNCCNC(=O)c1cccc(S(=O)(=O)N2CCc3ccccc32)c1.Cl. The normalized spacial score (nSPS) is 13.0. The summed E-state index contributed by atoms with van der Waals surface area (Å²) in [6.45, 7) is 4.58. The van der Waals surface area contributed by atoms with Crippen LogP contribution >= 0.6 is 12.4 Å². The lowest BCUT2D eigenvalue weighted by Gasteiger charge is -2.20. The van der Waals surface area contributed by atoms with Crippen molar-refractivity contribution in [3.8, 4) is 0 Å². The molecule has 1 aliphatic rings. The molecule has 152 valence electrons. The minimum Gasteiger partial charge on any atom is -0.351 e. The highest BCUT2D eigenvalue weighted by molar-refractivity contribution is 7.92. The molecule has 1 heterocycles. The number of anilines is 1. The number of halogens is 1. The number of hydrogen-bond acceptors (Lipinski definition) is 4. The Kier molecular flexibility index (Phi) is 7.86. The highest BCUT2D eigenvalue weighted by Crippen LogP contribution is 2.32. The summed E-state index contributed by atoms with van der Waals surface area (Å²) >= 11 is 0. The van der Waals surface area contributed by atoms with Gasteiger partial charge in [-0.15, -0.1) is 12.4 Å². The van der Waals surface area contributed by atoms with Gasteiger partial charge < -0.3 is 10.6 Å². The molecule has 6 nitrogen and oxygen atoms in total. The van der Waals surface area contributed by atoms with E-state index < -0.39 is 10.0 Å². The zero-order chi connectivity index (χ0) is 19.3. The predicted octanol–water partition coefficient (Wildman–Crippen LogP) is 2.59. The molecule has 2 aromatic carbocycles. The molecule has 2 N–H and O–H groups in total. The summed E-state index contributed by atoms with van der Waals surface area (Å²) in [5.41, 5.74) is 2.09. The molecule has 0 spiro atoms. The highest BCUT2D eigenvalue weighted by Gasteiger charge is 2.30. The van der Waals surface area contributed by atoms with Gasteiger partial charge >= 0.3 is 0 Å². The van der Waals surface area contributed by atoms with Crippen LogP contribution in [0.2, 0.25) is 0 Å². The average molecular weight is 424 g/mol. The molecular weight excluding hydrogens is 398 g/mol. The molecule has 0 aliphatic carbocycles. The highest BCUT2D eigenvalue weighted by atomic mass is 35.5. The summed E-state index contributed by atoms with van der Waals surface area (Å²) < 4.78 is 27.6. The molecule has 0 radical (unpaired) electrons. The molecule has 0 aromatic heterocycles. The lowest BCUT2D eigenvalue weighted by atomic mass is 10.2. The number of nitrogens with zero attached hydrogens (tertiary/aromatic N) is 1. The van der Waals surface area contributed by atoms with Crippen molar-refractivity contribution in [3.05, 3.63) is 59.7 Å². The first-order valence-corrected chi connectivity index (χ1v) is 10.7. The van der Waals surface area contributed by atoms with Crippen LogP contribution in [0.15, 0.2) is 53.4 Å². The zero-order valence-corrected chi connectivity index (χ0v) is 17.5. The number of carbonyl (C=O) groups is 1. The third-order valence-corrected chi connectivity index (χ3v) is 6.35. The van der Waals surface area contributed by atoms with E-state index >= 15 is 0 Å². The third kappa shape index (κ3) is 4.84. The maximum absolute atomic E-state index is 13.1. The van der Waals surface area contributed by atoms with Gasteiger partial charge in [0.1, 0.15) is 0 Å². The monoisotopic (exact) mass is 423 g/mol. The number of nitrogens with one attached hydrogen (secondary N) is 2. The van der Waals surface area contributed by atoms with Crippen molar-refractivity contribution >= 4 is 34.0 Å². The van der Waals surface area contributed by atoms with E-state index in [0.29, 0.717) is 37.3 Å². The molecule has 0 saturated heterocycles. The van der Waals surface area contributed by atoms with Gasteiger partial charge in [-0.25, -0.2) is 8.42 Å². The smallest absolute Gasteiger partial charge is 0.264 e. The van der Waals surface area contributed by atoms with Crippen molar-refractivity contribution < 1.29 is 13.2 Å². The summed E-state index contributed by atoms with van der Waals surface area (Å²) in [6, 6.07) is 13.7. The van der Waals surface area contributed by atoms with Gasteiger partial charge in [0.2, 0.25) is 0 Å². The largest absolute Gasteiger partial charge is 0.351 e. The fourth-order valence-electron chi connectivity index (χ4n) is 3.15. The van der Waals surface area contributed by atoms with Crippen molar-refractivity contribution in [2.45, 2.75) is 24.7 Å². The maximum atomic E-state index is 13.1. The quantitative estimate of drug-likeness (QED) is 0.639. The Hall–Kier alpha value is -2.09. The second kappa shape index (κ2) is 9.91. The summed E-state index contributed by atoms with van der Waals surface area (Å²) in [7, 11) is -3.70. The first kappa shape index (κ1) is 22.2. The van der Waals surface area contributed by atoms with Gasteiger partial charge in [0.15, 0.2) is 0 Å². The van der Waals surface area contributed by atoms with Gasteiger partial charge in [-0.05, 0) is 49.2 Å². The van der Waals surface area contributed by atoms with E-state index in [2.05, 4.69) is 17.6 Å². The van der Waals surface area contributed by atoms with Crippen LogP contribution in [0.5, 0.6) is 0 Å². The topological polar surface area (TPSA) is 78.5 Å². The first-order chi connectivity index (χ1) is 13.0. The van der Waals surface area contributed by atoms with Crippen molar-refractivity contribution in [1.29, 1.82) is 0 Å².